The first-order chi connectivity index (χ1) is 14.4. The second kappa shape index (κ2) is 9.16. The summed E-state index contributed by atoms with van der Waals surface area (Å²) in [5, 5.41) is 21.1. The van der Waals surface area contributed by atoms with Gasteiger partial charge in [-0.05, 0) is 33.6 Å². The fraction of sp³-hybridized carbons (Fsp3) is 0.240. The number of phenolic OH excluding ortho intramolecular Hbond substituents is 1. The molecule has 1 N–H and O–H groups in total. The maximum atomic E-state index is 10.0. The molecule has 0 aliphatic heterocycles. The standard InChI is InChI=1S/C25H27NO3Si/c1-25(2,3)30(22-10-6-4-7-11-22,23-12-8-5-9-13-23)29-19-20-18-21(27)14-15-24(20)28-17-16-26/h4-15,18,27H,17,19H2,1-3H3. The molecule has 5 heteroatoms. The minimum Gasteiger partial charge on any atom is -0.508 e. The predicted molar refractivity (Wildman–Crippen MR) is 122 cm³/mol. The Morgan fingerprint density at radius 3 is 1.97 bits per heavy atom. The van der Waals surface area contributed by atoms with E-state index in [2.05, 4.69) is 45.0 Å². The summed E-state index contributed by atoms with van der Waals surface area (Å²) >= 11 is 0. The lowest BCUT2D eigenvalue weighted by atomic mass is 10.2. The zero-order valence-electron chi connectivity index (χ0n) is 17.6. The summed E-state index contributed by atoms with van der Waals surface area (Å²) in [4.78, 5) is 0. The number of rotatable bonds is 7. The Labute approximate surface area is 179 Å². The maximum absolute atomic E-state index is 10.0. The van der Waals surface area contributed by atoms with Crippen molar-refractivity contribution in [2.24, 2.45) is 0 Å². The molecule has 0 atom stereocenters. The van der Waals surface area contributed by atoms with E-state index in [1.54, 1.807) is 18.2 Å². The molecule has 0 fully saturated rings. The van der Waals surface area contributed by atoms with Crippen molar-refractivity contribution in [3.8, 4) is 17.6 Å². The Balaban J connectivity index is 2.09. The van der Waals surface area contributed by atoms with Crippen LogP contribution in [0.25, 0.3) is 0 Å². The number of nitriles is 1. The smallest absolute Gasteiger partial charge is 0.261 e. The Morgan fingerprint density at radius 1 is 0.900 bits per heavy atom. The molecule has 0 aliphatic rings. The number of benzene rings is 3. The second-order valence-corrected chi connectivity index (χ2v) is 12.5. The SMILES string of the molecule is CC(C)(C)[Si](OCc1cc(O)ccc1OCC#N)(c1ccccc1)c1ccccc1. The zero-order valence-corrected chi connectivity index (χ0v) is 18.6. The van der Waals surface area contributed by atoms with Gasteiger partial charge in [0.05, 0.1) is 6.61 Å². The lowest BCUT2D eigenvalue weighted by Gasteiger charge is -2.43. The number of phenols is 1. The quantitative estimate of drug-likeness (QED) is 0.580. The molecule has 3 aromatic rings. The van der Waals surface area contributed by atoms with Crippen LogP contribution in [0.2, 0.25) is 5.04 Å². The topological polar surface area (TPSA) is 62.5 Å². The number of hydrogen-bond acceptors (Lipinski definition) is 4. The van der Waals surface area contributed by atoms with Gasteiger partial charge in [-0.1, -0.05) is 81.4 Å². The average Bonchev–Trinajstić information content (AvgIpc) is 2.74. The molecule has 0 heterocycles. The summed E-state index contributed by atoms with van der Waals surface area (Å²) in [6, 6.07) is 27.6. The molecule has 3 aromatic carbocycles. The third-order valence-electron chi connectivity index (χ3n) is 5.20. The summed E-state index contributed by atoms with van der Waals surface area (Å²) in [5.41, 5.74) is 0.721. The lowest BCUT2D eigenvalue weighted by molar-refractivity contribution is 0.274. The van der Waals surface area contributed by atoms with E-state index >= 15 is 0 Å². The lowest BCUT2D eigenvalue weighted by Crippen LogP contribution is -2.66. The normalized spacial score (nSPS) is 11.7. The molecule has 30 heavy (non-hydrogen) atoms. The minimum absolute atomic E-state index is 0.0585. The van der Waals surface area contributed by atoms with Crippen LogP contribution in [0.4, 0.5) is 0 Å². The molecule has 0 bridgehead atoms. The van der Waals surface area contributed by atoms with Crippen LogP contribution in [0.3, 0.4) is 0 Å². The van der Waals surface area contributed by atoms with Gasteiger partial charge in [0.15, 0.2) is 6.61 Å². The molecule has 0 spiro atoms. The van der Waals surface area contributed by atoms with Gasteiger partial charge in [-0.15, -0.1) is 0 Å². The second-order valence-electron chi connectivity index (χ2n) is 8.19. The summed E-state index contributed by atoms with van der Waals surface area (Å²) in [6.45, 7) is 6.86. The Bertz CT molecular complexity index is 969. The first-order valence-electron chi connectivity index (χ1n) is 9.95. The molecule has 0 amide bonds. The van der Waals surface area contributed by atoms with Gasteiger partial charge < -0.3 is 14.3 Å². The van der Waals surface area contributed by atoms with Gasteiger partial charge in [0.2, 0.25) is 0 Å². The Kier molecular flexibility index (Phi) is 6.61. The van der Waals surface area contributed by atoms with E-state index in [1.165, 1.54) is 10.4 Å². The molecule has 0 aliphatic carbocycles. The van der Waals surface area contributed by atoms with Crippen LogP contribution in [0.15, 0.2) is 78.9 Å². The summed E-state index contributed by atoms with van der Waals surface area (Å²) in [7, 11) is -2.71. The molecule has 3 rings (SSSR count). The molecule has 0 saturated carbocycles. The highest BCUT2D eigenvalue weighted by molar-refractivity contribution is 6.99. The summed E-state index contributed by atoms with van der Waals surface area (Å²) in [5.74, 6) is 0.688. The van der Waals surface area contributed by atoms with Gasteiger partial charge in [0.1, 0.15) is 17.6 Å². The van der Waals surface area contributed by atoms with Crippen LogP contribution in [0, 0.1) is 11.3 Å². The fourth-order valence-corrected chi connectivity index (χ4v) is 8.40. The number of hydrogen-bond donors (Lipinski definition) is 1. The van der Waals surface area contributed by atoms with Crippen molar-refractivity contribution in [2.75, 3.05) is 6.61 Å². The molecular weight excluding hydrogens is 390 g/mol. The number of ether oxygens (including phenoxy) is 1. The van der Waals surface area contributed by atoms with Crippen LogP contribution in [0.1, 0.15) is 26.3 Å². The van der Waals surface area contributed by atoms with Crippen LogP contribution < -0.4 is 15.1 Å². The highest BCUT2D eigenvalue weighted by atomic mass is 28.4. The van der Waals surface area contributed by atoms with Gasteiger partial charge in [-0.25, -0.2) is 0 Å². The van der Waals surface area contributed by atoms with Gasteiger partial charge in [0, 0.05) is 5.56 Å². The van der Waals surface area contributed by atoms with Gasteiger partial charge in [-0.2, -0.15) is 5.26 Å². The molecule has 0 unspecified atom stereocenters. The highest BCUT2D eigenvalue weighted by Gasteiger charge is 2.50. The Morgan fingerprint density at radius 2 is 1.47 bits per heavy atom. The van der Waals surface area contributed by atoms with Crippen molar-refractivity contribution in [1.29, 1.82) is 5.26 Å². The average molecular weight is 418 g/mol. The fourth-order valence-electron chi connectivity index (χ4n) is 3.88. The maximum Gasteiger partial charge on any atom is 0.261 e. The largest absolute Gasteiger partial charge is 0.508 e. The van der Waals surface area contributed by atoms with E-state index in [9.17, 15) is 5.11 Å². The van der Waals surface area contributed by atoms with E-state index in [0.29, 0.717) is 5.75 Å². The summed E-state index contributed by atoms with van der Waals surface area (Å²) in [6.07, 6.45) is 0. The third kappa shape index (κ3) is 4.40. The first kappa shape index (κ1) is 21.6. The van der Waals surface area contributed by atoms with Crippen LogP contribution in [-0.2, 0) is 11.0 Å². The van der Waals surface area contributed by atoms with E-state index in [-0.39, 0.29) is 24.0 Å². The van der Waals surface area contributed by atoms with Crippen LogP contribution in [0.5, 0.6) is 11.5 Å². The van der Waals surface area contributed by atoms with Crippen LogP contribution >= 0.6 is 0 Å². The number of nitrogens with zero attached hydrogens (tertiary/aromatic N) is 1. The van der Waals surface area contributed by atoms with Crippen LogP contribution in [-0.4, -0.2) is 20.0 Å². The molecule has 154 valence electrons. The van der Waals surface area contributed by atoms with Crippen molar-refractivity contribution >= 4 is 18.7 Å². The van der Waals surface area contributed by atoms with Crippen molar-refractivity contribution < 1.29 is 14.3 Å². The van der Waals surface area contributed by atoms with Crippen molar-refractivity contribution in [3.05, 3.63) is 84.4 Å². The highest BCUT2D eigenvalue weighted by Crippen LogP contribution is 2.38. The summed E-state index contributed by atoms with van der Waals surface area (Å²) < 4.78 is 12.5. The van der Waals surface area contributed by atoms with Gasteiger partial charge >= 0.3 is 0 Å². The molecule has 0 aromatic heterocycles. The van der Waals surface area contributed by atoms with Gasteiger partial charge in [-0.3, -0.25) is 0 Å². The van der Waals surface area contributed by atoms with Gasteiger partial charge in [0.25, 0.3) is 8.32 Å². The molecule has 0 radical (unpaired) electrons. The predicted octanol–water partition coefficient (Wildman–Crippen LogP) is 4.37. The van der Waals surface area contributed by atoms with E-state index in [1.807, 2.05) is 42.5 Å². The van der Waals surface area contributed by atoms with Crippen molar-refractivity contribution in [1.82, 2.24) is 0 Å². The number of aromatic hydroxyl groups is 1. The molecule has 4 nitrogen and oxygen atoms in total. The minimum atomic E-state index is -2.71. The zero-order chi connectivity index (χ0) is 21.6. The van der Waals surface area contributed by atoms with Crippen molar-refractivity contribution in [3.63, 3.8) is 0 Å². The third-order valence-corrected chi connectivity index (χ3v) is 10.2. The molecule has 0 saturated heterocycles. The van der Waals surface area contributed by atoms with Crippen molar-refractivity contribution in [2.45, 2.75) is 32.4 Å². The van der Waals surface area contributed by atoms with E-state index in [0.717, 1.165) is 5.56 Å². The van der Waals surface area contributed by atoms with E-state index < -0.39 is 8.32 Å². The first-order valence-corrected chi connectivity index (χ1v) is 11.9. The Hall–Kier alpha value is -3.07. The molecular formula is C25H27NO3Si. The van der Waals surface area contributed by atoms with E-state index in [4.69, 9.17) is 14.4 Å². The monoisotopic (exact) mass is 417 g/mol.